The molecule has 1 aliphatic carbocycles. The predicted molar refractivity (Wildman–Crippen MR) is 83.2 cm³/mol. The second-order valence-electron chi connectivity index (χ2n) is 6.62. The van der Waals surface area contributed by atoms with Crippen LogP contribution in [-0.2, 0) is 10.0 Å². The van der Waals surface area contributed by atoms with E-state index < -0.39 is 10.0 Å². The van der Waals surface area contributed by atoms with E-state index >= 15 is 0 Å². The van der Waals surface area contributed by atoms with Crippen LogP contribution in [0.4, 0.5) is 0 Å². The molecule has 0 bridgehead atoms. The van der Waals surface area contributed by atoms with Crippen LogP contribution in [0.3, 0.4) is 0 Å². The molecule has 118 valence electrons. The van der Waals surface area contributed by atoms with Crippen molar-refractivity contribution in [2.45, 2.75) is 57.9 Å². The quantitative estimate of drug-likeness (QED) is 0.847. The Bertz CT molecular complexity index is 391. The average Bonchev–Trinajstić information content (AvgIpc) is 2.47. The largest absolute Gasteiger partial charge is 0.317 e. The summed E-state index contributed by atoms with van der Waals surface area (Å²) >= 11 is 0. The van der Waals surface area contributed by atoms with Gasteiger partial charge in [0.25, 0.3) is 0 Å². The summed E-state index contributed by atoms with van der Waals surface area (Å²) in [4.78, 5) is 0. The molecule has 1 heterocycles. The summed E-state index contributed by atoms with van der Waals surface area (Å²) in [7, 11) is -1.09. The molecule has 2 fully saturated rings. The Hall–Kier alpha value is -0.130. The van der Waals surface area contributed by atoms with E-state index in [2.05, 4.69) is 12.2 Å². The van der Waals surface area contributed by atoms with Gasteiger partial charge in [-0.25, -0.2) is 12.7 Å². The number of nitrogens with zero attached hydrogens (tertiary/aromatic N) is 1. The smallest absolute Gasteiger partial charge is 0.214 e. The van der Waals surface area contributed by atoms with Gasteiger partial charge in [-0.3, -0.25) is 0 Å². The predicted octanol–water partition coefficient (Wildman–Crippen LogP) is 2.22. The minimum atomic E-state index is -3.05. The second kappa shape index (κ2) is 7.23. The zero-order valence-corrected chi connectivity index (χ0v) is 13.8. The molecule has 2 unspecified atom stereocenters. The Labute approximate surface area is 124 Å². The maximum atomic E-state index is 12.6. The molecular weight excluding hydrogens is 272 g/mol. The van der Waals surface area contributed by atoms with Gasteiger partial charge in [0.05, 0.1) is 5.75 Å². The fraction of sp³-hybridized carbons (Fsp3) is 1.00. The standard InChI is InChI=1S/C15H30N2O2S/c1-13(16-2)15-9-6-10-17(11-15)20(18,19)12-14-7-4-3-5-8-14/h13-16H,3-12H2,1-2H3. The molecule has 0 aromatic rings. The topological polar surface area (TPSA) is 49.4 Å². The molecule has 2 atom stereocenters. The summed E-state index contributed by atoms with van der Waals surface area (Å²) in [6.45, 7) is 3.58. The third kappa shape index (κ3) is 4.18. The van der Waals surface area contributed by atoms with E-state index in [0.29, 0.717) is 30.2 Å². The molecule has 0 aromatic heterocycles. The van der Waals surface area contributed by atoms with Crippen molar-refractivity contribution in [2.75, 3.05) is 25.9 Å². The van der Waals surface area contributed by atoms with Crippen LogP contribution in [0.1, 0.15) is 51.9 Å². The monoisotopic (exact) mass is 302 g/mol. The first-order valence-corrected chi connectivity index (χ1v) is 9.79. The van der Waals surface area contributed by atoms with E-state index in [1.54, 1.807) is 4.31 Å². The summed E-state index contributed by atoms with van der Waals surface area (Å²) in [5.74, 6) is 1.24. The molecular formula is C15H30N2O2S. The zero-order chi connectivity index (χ0) is 14.6. The van der Waals surface area contributed by atoms with E-state index in [0.717, 1.165) is 32.2 Å². The molecule has 0 aromatic carbocycles. The molecule has 0 spiro atoms. The van der Waals surface area contributed by atoms with Crippen molar-refractivity contribution in [2.24, 2.45) is 11.8 Å². The highest BCUT2D eigenvalue weighted by Gasteiger charge is 2.32. The highest BCUT2D eigenvalue weighted by molar-refractivity contribution is 7.89. The number of rotatable bonds is 5. The van der Waals surface area contributed by atoms with Gasteiger partial charge >= 0.3 is 0 Å². The Balaban J connectivity index is 1.94. The minimum absolute atomic E-state index is 0.383. The fourth-order valence-corrected chi connectivity index (χ4v) is 5.59. The summed E-state index contributed by atoms with van der Waals surface area (Å²) < 4.78 is 27.0. The number of hydrogen-bond donors (Lipinski definition) is 1. The third-order valence-electron chi connectivity index (χ3n) is 5.15. The molecule has 4 nitrogen and oxygen atoms in total. The first-order valence-electron chi connectivity index (χ1n) is 8.18. The minimum Gasteiger partial charge on any atom is -0.317 e. The van der Waals surface area contributed by atoms with Gasteiger partial charge in [0, 0.05) is 19.1 Å². The van der Waals surface area contributed by atoms with E-state index in [4.69, 9.17) is 0 Å². The van der Waals surface area contributed by atoms with Gasteiger partial charge in [-0.2, -0.15) is 0 Å². The average molecular weight is 302 g/mol. The molecule has 20 heavy (non-hydrogen) atoms. The number of nitrogens with one attached hydrogen (secondary N) is 1. The van der Waals surface area contributed by atoms with Gasteiger partial charge < -0.3 is 5.32 Å². The van der Waals surface area contributed by atoms with E-state index in [1.807, 2.05) is 7.05 Å². The molecule has 1 saturated heterocycles. The summed E-state index contributed by atoms with van der Waals surface area (Å²) in [5, 5.41) is 3.27. The molecule has 2 aliphatic rings. The normalized spacial score (nSPS) is 28.4. The SMILES string of the molecule is CNC(C)C1CCCN(S(=O)(=O)CC2CCCCC2)C1. The lowest BCUT2D eigenvalue weighted by molar-refractivity contribution is 0.227. The first-order chi connectivity index (χ1) is 9.53. The fourth-order valence-electron chi connectivity index (χ4n) is 3.63. The number of sulfonamides is 1. The van der Waals surface area contributed by atoms with Crippen molar-refractivity contribution in [3.63, 3.8) is 0 Å². The third-order valence-corrected chi connectivity index (χ3v) is 7.16. The van der Waals surface area contributed by atoms with Gasteiger partial charge in [0.15, 0.2) is 0 Å². The molecule has 2 rings (SSSR count). The molecule has 0 radical (unpaired) electrons. The van der Waals surface area contributed by atoms with Crippen LogP contribution in [-0.4, -0.2) is 44.7 Å². The Morgan fingerprint density at radius 1 is 1.15 bits per heavy atom. The summed E-state index contributed by atoms with van der Waals surface area (Å²) in [6.07, 6.45) is 8.03. The van der Waals surface area contributed by atoms with Crippen LogP contribution in [0.2, 0.25) is 0 Å². The van der Waals surface area contributed by atoms with Crippen molar-refractivity contribution in [1.82, 2.24) is 9.62 Å². The Kier molecular flexibility index (Phi) is 5.87. The maximum Gasteiger partial charge on any atom is 0.214 e. The van der Waals surface area contributed by atoms with Crippen molar-refractivity contribution >= 4 is 10.0 Å². The molecule has 0 amide bonds. The number of hydrogen-bond acceptors (Lipinski definition) is 3. The molecule has 1 saturated carbocycles. The van der Waals surface area contributed by atoms with Crippen molar-refractivity contribution in [3.8, 4) is 0 Å². The lowest BCUT2D eigenvalue weighted by Crippen LogP contribution is -2.47. The van der Waals surface area contributed by atoms with E-state index in [1.165, 1.54) is 19.3 Å². The highest BCUT2D eigenvalue weighted by Crippen LogP contribution is 2.28. The van der Waals surface area contributed by atoms with Crippen molar-refractivity contribution < 1.29 is 8.42 Å². The molecule has 5 heteroatoms. The van der Waals surface area contributed by atoms with E-state index in [9.17, 15) is 8.42 Å². The Morgan fingerprint density at radius 3 is 2.50 bits per heavy atom. The van der Waals surface area contributed by atoms with Gasteiger partial charge in [-0.1, -0.05) is 19.3 Å². The van der Waals surface area contributed by atoms with Crippen molar-refractivity contribution in [3.05, 3.63) is 0 Å². The van der Waals surface area contributed by atoms with Gasteiger partial charge in [-0.05, 0) is 51.5 Å². The van der Waals surface area contributed by atoms with Gasteiger partial charge in [0.1, 0.15) is 0 Å². The van der Waals surface area contributed by atoms with Crippen LogP contribution in [0.5, 0.6) is 0 Å². The molecule has 1 aliphatic heterocycles. The van der Waals surface area contributed by atoms with Crippen LogP contribution in [0.15, 0.2) is 0 Å². The summed E-state index contributed by atoms with van der Waals surface area (Å²) in [5.41, 5.74) is 0. The van der Waals surface area contributed by atoms with Crippen LogP contribution < -0.4 is 5.32 Å². The molecule has 1 N–H and O–H groups in total. The lowest BCUT2D eigenvalue weighted by Gasteiger charge is -2.36. The second-order valence-corrected chi connectivity index (χ2v) is 8.63. The number of piperidine rings is 1. The van der Waals surface area contributed by atoms with Crippen LogP contribution in [0, 0.1) is 11.8 Å². The van der Waals surface area contributed by atoms with Crippen molar-refractivity contribution in [1.29, 1.82) is 0 Å². The van der Waals surface area contributed by atoms with Gasteiger partial charge in [-0.15, -0.1) is 0 Å². The van der Waals surface area contributed by atoms with Crippen LogP contribution in [0.25, 0.3) is 0 Å². The highest BCUT2D eigenvalue weighted by atomic mass is 32.2. The summed E-state index contributed by atoms with van der Waals surface area (Å²) in [6, 6.07) is 0.391. The lowest BCUT2D eigenvalue weighted by atomic mass is 9.91. The first kappa shape index (κ1) is 16.2. The Morgan fingerprint density at radius 2 is 1.85 bits per heavy atom. The van der Waals surface area contributed by atoms with Crippen LogP contribution >= 0.6 is 0 Å². The maximum absolute atomic E-state index is 12.6. The zero-order valence-electron chi connectivity index (χ0n) is 13.0. The van der Waals surface area contributed by atoms with Gasteiger partial charge in [0.2, 0.25) is 10.0 Å². The van der Waals surface area contributed by atoms with E-state index in [-0.39, 0.29) is 0 Å².